The van der Waals surface area contributed by atoms with Crippen LogP contribution in [0.15, 0.2) is 24.4 Å². The monoisotopic (exact) mass is 403 g/mol. The van der Waals surface area contributed by atoms with E-state index in [-0.39, 0.29) is 11.6 Å². The average molecular weight is 403 g/mol. The van der Waals surface area contributed by atoms with E-state index >= 15 is 0 Å². The van der Waals surface area contributed by atoms with Crippen LogP contribution in [-0.4, -0.2) is 15.8 Å². The number of halogens is 1. The third kappa shape index (κ3) is 3.51. The van der Waals surface area contributed by atoms with Gasteiger partial charge in [0.25, 0.3) is 11.6 Å². The number of hydrogen-bond acceptors (Lipinski definition) is 5. The molecule has 2 rings (SSSR count). The number of aromatic nitrogens is 1. The van der Waals surface area contributed by atoms with Gasteiger partial charge < -0.3 is 5.32 Å². The molecule has 1 heterocycles. The van der Waals surface area contributed by atoms with Crippen molar-refractivity contribution in [2.24, 2.45) is 0 Å². The van der Waals surface area contributed by atoms with Crippen molar-refractivity contribution in [1.82, 2.24) is 10.3 Å². The second-order valence-corrected chi connectivity index (χ2v) is 6.43. The van der Waals surface area contributed by atoms with Gasteiger partial charge in [-0.05, 0) is 35.6 Å². The van der Waals surface area contributed by atoms with Crippen LogP contribution in [0, 0.1) is 20.6 Å². The highest BCUT2D eigenvalue weighted by atomic mass is 127. The Bertz CT molecular complexity index is 672. The standard InChI is InChI=1S/C12H10IN3O3S/c1-7-14-5-9(20-7)6-15-12(17)10-4-8(16(18)19)2-3-11(10)13/h2-5H,6H2,1H3,(H,15,17). The zero-order valence-corrected chi connectivity index (χ0v) is 13.4. The van der Waals surface area contributed by atoms with Crippen LogP contribution in [0.5, 0.6) is 0 Å². The van der Waals surface area contributed by atoms with E-state index in [1.165, 1.54) is 23.5 Å². The van der Waals surface area contributed by atoms with Gasteiger partial charge in [0.2, 0.25) is 0 Å². The molecule has 20 heavy (non-hydrogen) atoms. The van der Waals surface area contributed by atoms with Crippen molar-refractivity contribution >= 4 is 45.5 Å². The molecule has 0 bridgehead atoms. The smallest absolute Gasteiger partial charge is 0.270 e. The number of thiazole rings is 1. The SMILES string of the molecule is Cc1ncc(CNC(=O)c2cc([N+](=O)[O-])ccc2I)s1. The van der Waals surface area contributed by atoms with E-state index in [0.29, 0.717) is 15.7 Å². The van der Waals surface area contributed by atoms with Crippen molar-refractivity contribution in [3.63, 3.8) is 0 Å². The van der Waals surface area contributed by atoms with Gasteiger partial charge in [-0.15, -0.1) is 11.3 Å². The van der Waals surface area contributed by atoms with Crippen molar-refractivity contribution in [2.75, 3.05) is 0 Å². The summed E-state index contributed by atoms with van der Waals surface area (Å²) >= 11 is 3.48. The molecule has 1 N–H and O–H groups in total. The van der Waals surface area contributed by atoms with Gasteiger partial charge in [-0.25, -0.2) is 4.98 Å². The number of rotatable bonds is 4. The molecule has 0 aliphatic heterocycles. The molecule has 0 aliphatic carbocycles. The van der Waals surface area contributed by atoms with Crippen molar-refractivity contribution in [2.45, 2.75) is 13.5 Å². The number of benzene rings is 1. The first kappa shape index (κ1) is 14.9. The van der Waals surface area contributed by atoms with Crippen LogP contribution in [0.4, 0.5) is 5.69 Å². The minimum absolute atomic E-state index is 0.0933. The zero-order chi connectivity index (χ0) is 14.7. The summed E-state index contributed by atoms with van der Waals surface area (Å²) in [6.45, 7) is 2.25. The second kappa shape index (κ2) is 6.27. The number of hydrogen-bond donors (Lipinski definition) is 1. The lowest BCUT2D eigenvalue weighted by Crippen LogP contribution is -2.23. The zero-order valence-electron chi connectivity index (χ0n) is 10.4. The Morgan fingerprint density at radius 1 is 1.55 bits per heavy atom. The van der Waals surface area contributed by atoms with Gasteiger partial charge in [0.15, 0.2) is 0 Å². The molecule has 2 aromatic rings. The minimum atomic E-state index is -0.514. The van der Waals surface area contributed by atoms with Gasteiger partial charge in [-0.1, -0.05) is 0 Å². The molecule has 1 aromatic carbocycles. The summed E-state index contributed by atoms with van der Waals surface area (Å²) in [4.78, 5) is 27.3. The van der Waals surface area contributed by atoms with E-state index in [1.807, 2.05) is 29.5 Å². The van der Waals surface area contributed by atoms with Crippen LogP contribution in [0.1, 0.15) is 20.2 Å². The Morgan fingerprint density at radius 2 is 2.30 bits per heavy atom. The molecule has 1 aromatic heterocycles. The number of nitro groups is 1. The summed E-state index contributed by atoms with van der Waals surface area (Å²) in [5.41, 5.74) is 0.213. The Kier molecular flexibility index (Phi) is 4.65. The molecule has 6 nitrogen and oxygen atoms in total. The van der Waals surface area contributed by atoms with Gasteiger partial charge in [0.05, 0.1) is 22.0 Å². The first-order valence-electron chi connectivity index (χ1n) is 5.61. The molecule has 0 radical (unpaired) electrons. The summed E-state index contributed by atoms with van der Waals surface area (Å²) < 4.78 is 0.672. The summed E-state index contributed by atoms with van der Waals surface area (Å²) in [6.07, 6.45) is 1.71. The Hall–Kier alpha value is -1.55. The van der Waals surface area contributed by atoms with Crippen LogP contribution < -0.4 is 5.32 Å². The fraction of sp³-hybridized carbons (Fsp3) is 0.167. The Labute approximate surface area is 132 Å². The van der Waals surface area contributed by atoms with E-state index in [0.717, 1.165) is 9.88 Å². The lowest BCUT2D eigenvalue weighted by Gasteiger charge is -2.05. The topological polar surface area (TPSA) is 85.1 Å². The van der Waals surface area contributed by atoms with Crippen molar-refractivity contribution in [3.05, 3.63) is 53.5 Å². The highest BCUT2D eigenvalue weighted by Gasteiger charge is 2.15. The second-order valence-electron chi connectivity index (χ2n) is 3.95. The third-order valence-corrected chi connectivity index (χ3v) is 4.35. The fourth-order valence-electron chi connectivity index (χ4n) is 1.55. The van der Waals surface area contributed by atoms with E-state index in [4.69, 9.17) is 0 Å². The van der Waals surface area contributed by atoms with Gasteiger partial charge in [0.1, 0.15) is 0 Å². The first-order chi connectivity index (χ1) is 9.47. The molecular weight excluding hydrogens is 393 g/mol. The maximum Gasteiger partial charge on any atom is 0.270 e. The van der Waals surface area contributed by atoms with E-state index in [1.54, 1.807) is 12.3 Å². The number of amides is 1. The number of non-ortho nitro benzene ring substituents is 1. The van der Waals surface area contributed by atoms with Crippen LogP contribution in [-0.2, 0) is 6.54 Å². The van der Waals surface area contributed by atoms with E-state index in [2.05, 4.69) is 10.3 Å². The summed E-state index contributed by atoms with van der Waals surface area (Å²) in [6, 6.07) is 4.23. The number of nitrogens with zero attached hydrogens (tertiary/aromatic N) is 2. The number of nitro benzene ring substituents is 1. The van der Waals surface area contributed by atoms with Crippen molar-refractivity contribution < 1.29 is 9.72 Å². The van der Waals surface area contributed by atoms with Crippen LogP contribution in [0.25, 0.3) is 0 Å². The molecule has 0 atom stereocenters. The molecule has 0 fully saturated rings. The summed E-state index contributed by atoms with van der Waals surface area (Å²) in [5.74, 6) is -0.329. The largest absolute Gasteiger partial charge is 0.347 e. The first-order valence-corrected chi connectivity index (χ1v) is 7.50. The highest BCUT2D eigenvalue weighted by Crippen LogP contribution is 2.20. The van der Waals surface area contributed by atoms with Crippen LogP contribution in [0.3, 0.4) is 0 Å². The lowest BCUT2D eigenvalue weighted by atomic mass is 10.2. The molecule has 0 unspecified atom stereocenters. The minimum Gasteiger partial charge on any atom is -0.347 e. The Morgan fingerprint density at radius 3 is 2.90 bits per heavy atom. The number of carbonyl (C=O) groups excluding carboxylic acids is 1. The molecule has 0 saturated carbocycles. The number of aryl methyl sites for hydroxylation is 1. The predicted octanol–water partition coefficient (Wildman–Crippen LogP) is 2.89. The quantitative estimate of drug-likeness (QED) is 0.483. The van der Waals surface area contributed by atoms with Gasteiger partial charge in [0, 0.05) is 26.8 Å². The fourth-order valence-corrected chi connectivity index (χ4v) is 2.87. The number of carbonyl (C=O) groups is 1. The third-order valence-electron chi connectivity index (χ3n) is 2.50. The molecule has 0 spiro atoms. The average Bonchev–Trinajstić information content (AvgIpc) is 2.82. The highest BCUT2D eigenvalue weighted by molar-refractivity contribution is 14.1. The van der Waals surface area contributed by atoms with Gasteiger partial charge >= 0.3 is 0 Å². The van der Waals surface area contributed by atoms with E-state index < -0.39 is 4.92 Å². The molecule has 8 heteroatoms. The van der Waals surface area contributed by atoms with Gasteiger partial charge in [-0.3, -0.25) is 14.9 Å². The van der Waals surface area contributed by atoms with E-state index in [9.17, 15) is 14.9 Å². The molecular formula is C12H10IN3O3S. The Balaban J connectivity index is 2.12. The van der Waals surface area contributed by atoms with Crippen molar-refractivity contribution in [1.29, 1.82) is 0 Å². The van der Waals surface area contributed by atoms with Crippen molar-refractivity contribution in [3.8, 4) is 0 Å². The summed E-state index contributed by atoms with van der Waals surface area (Å²) in [7, 11) is 0. The molecule has 0 aliphatic rings. The molecule has 1 amide bonds. The molecule has 0 saturated heterocycles. The predicted molar refractivity (Wildman–Crippen MR) is 83.8 cm³/mol. The van der Waals surface area contributed by atoms with Crippen LogP contribution >= 0.6 is 33.9 Å². The molecule has 104 valence electrons. The van der Waals surface area contributed by atoms with Crippen LogP contribution in [0.2, 0.25) is 0 Å². The number of nitrogens with one attached hydrogen (secondary N) is 1. The normalized spacial score (nSPS) is 10.3. The summed E-state index contributed by atoms with van der Waals surface area (Å²) in [5, 5.41) is 14.4. The van der Waals surface area contributed by atoms with Gasteiger partial charge in [-0.2, -0.15) is 0 Å². The maximum absolute atomic E-state index is 12.1. The lowest BCUT2D eigenvalue weighted by molar-refractivity contribution is -0.384. The maximum atomic E-state index is 12.1.